The minimum absolute atomic E-state index is 0. The molecule has 2 heteroatoms. The Hall–Kier alpha value is 0.674. The normalized spacial score (nSPS) is 21.0. The van der Waals surface area contributed by atoms with Crippen molar-refractivity contribution in [1.29, 1.82) is 0 Å². The second-order valence-electron chi connectivity index (χ2n) is 1.34. The van der Waals surface area contributed by atoms with E-state index in [4.69, 9.17) is 5.73 Å². The summed E-state index contributed by atoms with van der Waals surface area (Å²) in [5, 5.41) is 0. The molecule has 28 valence electrons. The van der Waals surface area contributed by atoms with Gasteiger partial charge in [0.05, 0.1) is 0 Å². The van der Waals surface area contributed by atoms with Crippen LogP contribution in [0, 0.1) is 0 Å². The maximum atomic E-state index is 5.22. The minimum atomic E-state index is 0. The van der Waals surface area contributed by atoms with Crippen LogP contribution in [0.4, 0.5) is 0 Å². The number of rotatable bonds is 0. The number of nitrogens with two attached hydrogens (primary N) is 1. The fourth-order valence-corrected chi connectivity index (χ4v) is 0.0962. The Morgan fingerprint density at radius 2 is 1.60 bits per heavy atom. The maximum Gasteiger partial charge on any atom is 0.00399 e. The van der Waals surface area contributed by atoms with Crippen LogP contribution in [0.2, 0.25) is 0 Å². The van der Waals surface area contributed by atoms with E-state index in [-0.39, 0.29) is 21.7 Å². The second kappa shape index (κ2) is 1.96. The van der Waals surface area contributed by atoms with Crippen molar-refractivity contribution in [2.75, 3.05) is 0 Å². The molecule has 1 aliphatic rings. The van der Waals surface area contributed by atoms with Gasteiger partial charge in [0.2, 0.25) is 0 Å². The molecule has 1 rings (SSSR count). The third kappa shape index (κ3) is 2.48. The molecular weight excluding hydrogens is 97.9 g/mol. The molecule has 0 bridgehead atoms. The minimum Gasteiger partial charge on any atom is -0.328 e. The number of hydrogen-bond donors (Lipinski definition) is 1. The Morgan fingerprint density at radius 3 is 1.60 bits per heavy atom. The first-order chi connectivity index (χ1) is 1.89. The van der Waals surface area contributed by atoms with Gasteiger partial charge in [0, 0.05) is 27.8 Å². The zero-order valence-corrected chi connectivity index (χ0v) is 4.63. The van der Waals surface area contributed by atoms with Gasteiger partial charge in [-0.3, -0.25) is 0 Å². The maximum absolute atomic E-state index is 5.22. The molecule has 0 radical (unpaired) electrons. The van der Waals surface area contributed by atoms with Crippen LogP contribution >= 0.6 is 0 Å². The van der Waals surface area contributed by atoms with Gasteiger partial charge in [-0.2, -0.15) is 0 Å². The number of hydrogen-bond acceptors (Lipinski definition) is 1. The summed E-state index contributed by atoms with van der Waals surface area (Å²) in [6, 6.07) is 0.583. The van der Waals surface area contributed by atoms with Crippen molar-refractivity contribution in [1.82, 2.24) is 0 Å². The van der Waals surface area contributed by atoms with Gasteiger partial charge in [0.1, 0.15) is 0 Å². The van der Waals surface area contributed by atoms with E-state index in [1.807, 2.05) is 0 Å². The SMILES string of the molecule is NC1CC1.[Ti]. The molecule has 0 spiro atoms. The molecule has 0 aliphatic heterocycles. The average Bonchev–Trinajstić information content (AvgIpc) is 1.75. The molecule has 0 aromatic rings. The molecule has 1 nitrogen and oxygen atoms in total. The first kappa shape index (κ1) is 5.67. The predicted molar refractivity (Wildman–Crippen MR) is 17.2 cm³/mol. The van der Waals surface area contributed by atoms with Crippen molar-refractivity contribution in [2.45, 2.75) is 18.9 Å². The second-order valence-corrected chi connectivity index (χ2v) is 1.34. The van der Waals surface area contributed by atoms with E-state index in [0.717, 1.165) is 0 Å². The Labute approximate surface area is 46.8 Å². The molecule has 1 fully saturated rings. The topological polar surface area (TPSA) is 26.0 Å². The van der Waals surface area contributed by atoms with Crippen molar-refractivity contribution in [2.24, 2.45) is 5.73 Å². The van der Waals surface area contributed by atoms with Crippen molar-refractivity contribution in [3.63, 3.8) is 0 Å². The molecule has 0 aromatic carbocycles. The Morgan fingerprint density at radius 1 is 1.40 bits per heavy atom. The summed E-state index contributed by atoms with van der Waals surface area (Å²) < 4.78 is 0. The van der Waals surface area contributed by atoms with Crippen LogP contribution in [-0.2, 0) is 21.7 Å². The average molecular weight is 105 g/mol. The Kier molecular flexibility index (Phi) is 2.22. The summed E-state index contributed by atoms with van der Waals surface area (Å²) in [6.07, 6.45) is 2.53. The van der Waals surface area contributed by atoms with E-state index in [9.17, 15) is 0 Å². The summed E-state index contributed by atoms with van der Waals surface area (Å²) in [5.74, 6) is 0. The summed E-state index contributed by atoms with van der Waals surface area (Å²) >= 11 is 0. The van der Waals surface area contributed by atoms with Crippen molar-refractivity contribution < 1.29 is 21.7 Å². The molecule has 1 saturated carbocycles. The quantitative estimate of drug-likeness (QED) is 0.434. The van der Waals surface area contributed by atoms with Crippen molar-refractivity contribution in [3.8, 4) is 0 Å². The summed E-state index contributed by atoms with van der Waals surface area (Å²) in [6.45, 7) is 0. The van der Waals surface area contributed by atoms with E-state index in [1.165, 1.54) is 12.8 Å². The molecular formula is C3H7NTi. The van der Waals surface area contributed by atoms with Crippen LogP contribution in [0.25, 0.3) is 0 Å². The molecule has 0 amide bonds. The van der Waals surface area contributed by atoms with Gasteiger partial charge in [-0.05, 0) is 12.8 Å². The third-order valence-corrected chi connectivity index (χ3v) is 0.622. The summed E-state index contributed by atoms with van der Waals surface area (Å²) in [7, 11) is 0. The molecule has 5 heavy (non-hydrogen) atoms. The van der Waals surface area contributed by atoms with E-state index in [1.54, 1.807) is 0 Å². The fraction of sp³-hybridized carbons (Fsp3) is 1.00. The molecule has 0 unspecified atom stereocenters. The zero-order chi connectivity index (χ0) is 2.99. The zero-order valence-electron chi connectivity index (χ0n) is 3.07. The van der Waals surface area contributed by atoms with Crippen molar-refractivity contribution in [3.05, 3.63) is 0 Å². The molecule has 0 atom stereocenters. The fourth-order valence-electron chi connectivity index (χ4n) is 0.0962. The first-order valence-corrected chi connectivity index (χ1v) is 1.65. The Balaban J connectivity index is 0.000000160. The van der Waals surface area contributed by atoms with Gasteiger partial charge < -0.3 is 5.73 Å². The monoisotopic (exact) mass is 105 g/mol. The Bertz CT molecular complexity index is 26.1. The van der Waals surface area contributed by atoms with Crippen LogP contribution in [-0.4, -0.2) is 6.04 Å². The van der Waals surface area contributed by atoms with Gasteiger partial charge >= 0.3 is 0 Å². The van der Waals surface area contributed by atoms with Crippen molar-refractivity contribution >= 4 is 0 Å². The first-order valence-electron chi connectivity index (χ1n) is 1.65. The largest absolute Gasteiger partial charge is 0.328 e. The van der Waals surface area contributed by atoms with Gasteiger partial charge in [-0.15, -0.1) is 0 Å². The smallest absolute Gasteiger partial charge is 0.00399 e. The van der Waals surface area contributed by atoms with Gasteiger partial charge in [-0.1, -0.05) is 0 Å². The van der Waals surface area contributed by atoms with Crippen LogP contribution in [0.1, 0.15) is 12.8 Å². The molecule has 0 aromatic heterocycles. The van der Waals surface area contributed by atoms with E-state index in [0.29, 0.717) is 6.04 Å². The van der Waals surface area contributed by atoms with Crippen LogP contribution in [0.15, 0.2) is 0 Å². The van der Waals surface area contributed by atoms with Crippen LogP contribution in [0.3, 0.4) is 0 Å². The molecule has 0 saturated heterocycles. The summed E-state index contributed by atoms with van der Waals surface area (Å²) in [4.78, 5) is 0. The third-order valence-electron chi connectivity index (χ3n) is 0.622. The predicted octanol–water partition coefficient (Wildman–Crippen LogP) is 0.105. The van der Waals surface area contributed by atoms with Crippen LogP contribution in [0.5, 0.6) is 0 Å². The summed E-state index contributed by atoms with van der Waals surface area (Å²) in [5.41, 5.74) is 5.22. The standard InChI is InChI=1S/C3H7N.Ti/c4-3-1-2-3;/h3H,1-2,4H2;. The van der Waals surface area contributed by atoms with Crippen LogP contribution < -0.4 is 5.73 Å². The molecule has 0 heterocycles. The molecule has 1 aliphatic carbocycles. The van der Waals surface area contributed by atoms with Gasteiger partial charge in [0.25, 0.3) is 0 Å². The van der Waals surface area contributed by atoms with Gasteiger partial charge in [-0.25, -0.2) is 0 Å². The van der Waals surface area contributed by atoms with E-state index in [2.05, 4.69) is 0 Å². The van der Waals surface area contributed by atoms with E-state index >= 15 is 0 Å². The molecule has 2 N–H and O–H groups in total. The van der Waals surface area contributed by atoms with Gasteiger partial charge in [0.15, 0.2) is 0 Å². The van der Waals surface area contributed by atoms with E-state index < -0.39 is 0 Å².